The predicted molar refractivity (Wildman–Crippen MR) is 70.4 cm³/mol. The van der Waals surface area contributed by atoms with Crippen LogP contribution < -0.4 is 5.32 Å². The van der Waals surface area contributed by atoms with Crippen LogP contribution in [0.15, 0.2) is 40.8 Å². The summed E-state index contributed by atoms with van der Waals surface area (Å²) in [5.41, 5.74) is 2.43. The number of aryl methyl sites for hydroxylation is 1. The Labute approximate surface area is 107 Å². The summed E-state index contributed by atoms with van der Waals surface area (Å²) < 4.78 is 5.50. The first-order chi connectivity index (χ1) is 8.20. The Kier molecular flexibility index (Phi) is 3.87. The van der Waals surface area contributed by atoms with E-state index in [2.05, 4.69) is 43.4 Å². The SMILES string of the molecule is CCNC(c1cccc(C)c1)c1ccc(Cl)o1. The third-order valence-corrected chi connectivity index (χ3v) is 2.87. The van der Waals surface area contributed by atoms with Gasteiger partial charge >= 0.3 is 0 Å². The number of hydrogen-bond acceptors (Lipinski definition) is 2. The summed E-state index contributed by atoms with van der Waals surface area (Å²) in [5, 5.41) is 3.83. The Morgan fingerprint density at radius 1 is 1.29 bits per heavy atom. The smallest absolute Gasteiger partial charge is 0.193 e. The number of hydrogen-bond donors (Lipinski definition) is 1. The van der Waals surface area contributed by atoms with Crippen LogP contribution in [0, 0.1) is 6.92 Å². The molecule has 0 amide bonds. The molecule has 0 saturated heterocycles. The van der Waals surface area contributed by atoms with Crippen LogP contribution in [0.1, 0.15) is 29.9 Å². The first-order valence-corrected chi connectivity index (χ1v) is 6.13. The molecule has 17 heavy (non-hydrogen) atoms. The van der Waals surface area contributed by atoms with Gasteiger partial charge in [0.1, 0.15) is 5.76 Å². The van der Waals surface area contributed by atoms with Crippen LogP contribution in [-0.2, 0) is 0 Å². The van der Waals surface area contributed by atoms with Gasteiger partial charge in [-0.15, -0.1) is 0 Å². The minimum absolute atomic E-state index is 0.0624. The first kappa shape index (κ1) is 12.2. The number of rotatable bonds is 4. The van der Waals surface area contributed by atoms with Crippen molar-refractivity contribution in [1.82, 2.24) is 5.32 Å². The summed E-state index contributed by atoms with van der Waals surface area (Å²) in [6.45, 7) is 5.03. The second kappa shape index (κ2) is 5.39. The summed E-state index contributed by atoms with van der Waals surface area (Å²) in [5.74, 6) is 0.849. The largest absolute Gasteiger partial charge is 0.448 e. The maximum atomic E-state index is 5.83. The second-order valence-electron chi connectivity index (χ2n) is 4.05. The van der Waals surface area contributed by atoms with Gasteiger partial charge in [-0.1, -0.05) is 36.8 Å². The van der Waals surface area contributed by atoms with E-state index in [4.69, 9.17) is 16.0 Å². The molecule has 0 radical (unpaired) electrons. The summed E-state index contributed by atoms with van der Waals surface area (Å²) in [4.78, 5) is 0. The van der Waals surface area contributed by atoms with Gasteiger partial charge < -0.3 is 9.73 Å². The van der Waals surface area contributed by atoms with Crippen molar-refractivity contribution in [3.05, 3.63) is 58.5 Å². The number of furan rings is 1. The Hall–Kier alpha value is -1.25. The van der Waals surface area contributed by atoms with Crippen molar-refractivity contribution < 1.29 is 4.42 Å². The molecule has 3 heteroatoms. The number of benzene rings is 1. The van der Waals surface area contributed by atoms with E-state index >= 15 is 0 Å². The van der Waals surface area contributed by atoms with Gasteiger partial charge in [-0.2, -0.15) is 0 Å². The van der Waals surface area contributed by atoms with Crippen LogP contribution in [0.4, 0.5) is 0 Å². The Morgan fingerprint density at radius 2 is 2.12 bits per heavy atom. The van der Waals surface area contributed by atoms with Crippen LogP contribution in [0.5, 0.6) is 0 Å². The fourth-order valence-corrected chi connectivity index (χ4v) is 2.07. The fourth-order valence-electron chi connectivity index (χ4n) is 1.92. The lowest BCUT2D eigenvalue weighted by Gasteiger charge is -2.16. The van der Waals surface area contributed by atoms with E-state index in [0.717, 1.165) is 12.3 Å². The maximum absolute atomic E-state index is 5.83. The van der Waals surface area contributed by atoms with Gasteiger partial charge in [0, 0.05) is 0 Å². The zero-order valence-electron chi connectivity index (χ0n) is 10.0. The van der Waals surface area contributed by atoms with E-state index in [1.165, 1.54) is 11.1 Å². The lowest BCUT2D eigenvalue weighted by Crippen LogP contribution is -2.21. The lowest BCUT2D eigenvalue weighted by molar-refractivity contribution is 0.453. The second-order valence-corrected chi connectivity index (χ2v) is 4.42. The van der Waals surface area contributed by atoms with Crippen molar-refractivity contribution in [3.8, 4) is 0 Å². The molecular formula is C14H16ClNO. The van der Waals surface area contributed by atoms with Crippen molar-refractivity contribution in [2.24, 2.45) is 0 Å². The molecule has 1 N–H and O–H groups in total. The first-order valence-electron chi connectivity index (χ1n) is 5.76. The average Bonchev–Trinajstić information content (AvgIpc) is 2.72. The molecule has 0 aliphatic rings. The normalized spacial score (nSPS) is 12.6. The lowest BCUT2D eigenvalue weighted by atomic mass is 10.0. The van der Waals surface area contributed by atoms with Crippen molar-refractivity contribution in [3.63, 3.8) is 0 Å². The molecule has 1 heterocycles. The van der Waals surface area contributed by atoms with Gasteiger partial charge in [-0.05, 0) is 42.8 Å². The minimum atomic E-state index is 0.0624. The fraction of sp³-hybridized carbons (Fsp3) is 0.286. The predicted octanol–water partition coefficient (Wildman–Crippen LogP) is 3.94. The van der Waals surface area contributed by atoms with Crippen molar-refractivity contribution in [2.45, 2.75) is 19.9 Å². The van der Waals surface area contributed by atoms with Crippen LogP contribution in [0.3, 0.4) is 0 Å². The van der Waals surface area contributed by atoms with Gasteiger partial charge in [-0.3, -0.25) is 0 Å². The maximum Gasteiger partial charge on any atom is 0.193 e. The molecule has 1 aromatic carbocycles. The molecule has 1 atom stereocenters. The highest BCUT2D eigenvalue weighted by atomic mass is 35.5. The third kappa shape index (κ3) is 2.90. The zero-order valence-corrected chi connectivity index (χ0v) is 10.8. The Morgan fingerprint density at radius 3 is 2.71 bits per heavy atom. The average molecular weight is 250 g/mol. The molecule has 2 aromatic rings. The van der Waals surface area contributed by atoms with Crippen molar-refractivity contribution in [2.75, 3.05) is 6.54 Å². The van der Waals surface area contributed by atoms with E-state index < -0.39 is 0 Å². The molecule has 2 nitrogen and oxygen atoms in total. The molecule has 0 fully saturated rings. The Bertz CT molecular complexity index is 492. The Balaban J connectivity index is 2.35. The summed E-state index contributed by atoms with van der Waals surface area (Å²) in [6, 6.07) is 12.1. The highest BCUT2D eigenvalue weighted by Gasteiger charge is 2.16. The van der Waals surface area contributed by atoms with Crippen molar-refractivity contribution >= 4 is 11.6 Å². The summed E-state index contributed by atoms with van der Waals surface area (Å²) in [7, 11) is 0. The molecule has 0 bridgehead atoms. The van der Waals surface area contributed by atoms with Crippen LogP contribution in [0.25, 0.3) is 0 Å². The standard InChI is InChI=1S/C14H16ClNO/c1-3-16-14(12-7-8-13(15)17-12)11-6-4-5-10(2)9-11/h4-9,14,16H,3H2,1-2H3. The van der Waals surface area contributed by atoms with Gasteiger partial charge in [0.25, 0.3) is 0 Å². The summed E-state index contributed by atoms with van der Waals surface area (Å²) in [6.07, 6.45) is 0. The molecule has 1 unspecified atom stereocenters. The molecule has 0 spiro atoms. The zero-order chi connectivity index (χ0) is 12.3. The van der Waals surface area contributed by atoms with Crippen molar-refractivity contribution in [1.29, 1.82) is 0 Å². The number of halogens is 1. The van der Waals surface area contributed by atoms with E-state index in [1.807, 2.05) is 6.07 Å². The van der Waals surface area contributed by atoms with Gasteiger partial charge in [-0.25, -0.2) is 0 Å². The van der Waals surface area contributed by atoms with Crippen LogP contribution in [0.2, 0.25) is 5.22 Å². The molecule has 0 saturated carbocycles. The van der Waals surface area contributed by atoms with Gasteiger partial charge in [0.15, 0.2) is 5.22 Å². The molecular weight excluding hydrogens is 234 g/mol. The number of nitrogens with one attached hydrogen (secondary N) is 1. The highest BCUT2D eigenvalue weighted by molar-refractivity contribution is 6.28. The topological polar surface area (TPSA) is 25.2 Å². The van der Waals surface area contributed by atoms with Crippen LogP contribution in [-0.4, -0.2) is 6.54 Å². The molecule has 0 aliphatic heterocycles. The van der Waals surface area contributed by atoms with Crippen LogP contribution >= 0.6 is 11.6 Å². The summed E-state index contributed by atoms with van der Waals surface area (Å²) >= 11 is 5.83. The van der Waals surface area contributed by atoms with Gasteiger partial charge in [0.2, 0.25) is 0 Å². The molecule has 0 aliphatic carbocycles. The molecule has 90 valence electrons. The molecule has 1 aromatic heterocycles. The molecule has 2 rings (SSSR count). The third-order valence-electron chi connectivity index (χ3n) is 2.66. The van der Waals surface area contributed by atoms with E-state index in [-0.39, 0.29) is 6.04 Å². The van der Waals surface area contributed by atoms with Gasteiger partial charge in [0.05, 0.1) is 6.04 Å². The van der Waals surface area contributed by atoms with E-state index in [9.17, 15) is 0 Å². The van der Waals surface area contributed by atoms with E-state index in [0.29, 0.717) is 5.22 Å². The monoisotopic (exact) mass is 249 g/mol. The van der Waals surface area contributed by atoms with E-state index in [1.54, 1.807) is 6.07 Å². The quantitative estimate of drug-likeness (QED) is 0.888. The minimum Gasteiger partial charge on any atom is -0.448 e. The highest BCUT2D eigenvalue weighted by Crippen LogP contribution is 2.26.